The summed E-state index contributed by atoms with van der Waals surface area (Å²) in [5.74, 6) is 1.05. The third-order valence-electron chi connectivity index (χ3n) is 1.83. The molecule has 0 saturated carbocycles. The second kappa shape index (κ2) is 5.10. The maximum Gasteiger partial charge on any atom is 0.122 e. The van der Waals surface area contributed by atoms with Crippen LogP contribution in [0, 0.1) is 0 Å². The molecule has 0 aromatic heterocycles. The van der Waals surface area contributed by atoms with E-state index in [9.17, 15) is 5.11 Å². The first-order valence-electron chi connectivity index (χ1n) is 4.14. The Labute approximate surface area is 83.1 Å². The molecule has 0 aliphatic heterocycles. The van der Waals surface area contributed by atoms with Crippen molar-refractivity contribution in [3.05, 3.63) is 29.8 Å². The molecule has 0 spiro atoms. The summed E-state index contributed by atoms with van der Waals surface area (Å²) in [6, 6.07) is 7.61. The summed E-state index contributed by atoms with van der Waals surface area (Å²) in [7, 11) is 1.62. The largest absolute Gasteiger partial charge is 0.496 e. The number of ether oxygens (including phenoxy) is 1. The van der Waals surface area contributed by atoms with Gasteiger partial charge in [-0.1, -0.05) is 18.2 Å². The minimum atomic E-state index is -0.502. The maximum atomic E-state index is 9.34. The van der Waals surface area contributed by atoms with Gasteiger partial charge in [0.15, 0.2) is 0 Å². The van der Waals surface area contributed by atoms with Crippen LogP contribution in [0.3, 0.4) is 0 Å². The topological polar surface area (TPSA) is 29.5 Å². The highest BCUT2D eigenvalue weighted by Gasteiger charge is 2.07. The van der Waals surface area contributed by atoms with E-state index < -0.39 is 6.10 Å². The second-order valence-corrected chi connectivity index (χ2v) is 3.13. The van der Waals surface area contributed by atoms with E-state index >= 15 is 0 Å². The quantitative estimate of drug-likeness (QED) is 0.752. The van der Waals surface area contributed by atoms with E-state index in [1.165, 1.54) is 0 Å². The normalized spacial score (nSPS) is 12.5. The molecule has 1 aromatic carbocycles. The van der Waals surface area contributed by atoms with Crippen molar-refractivity contribution < 1.29 is 9.84 Å². The molecule has 1 N–H and O–H groups in total. The molecular formula is C10H13ClO2. The van der Waals surface area contributed by atoms with E-state index in [2.05, 4.69) is 0 Å². The fraction of sp³-hybridized carbons (Fsp3) is 0.400. The molecule has 0 amide bonds. The number of rotatable bonds is 4. The van der Waals surface area contributed by atoms with Gasteiger partial charge in [0, 0.05) is 12.3 Å². The Hall–Kier alpha value is -0.730. The Morgan fingerprint density at radius 1 is 1.46 bits per heavy atom. The average molecular weight is 201 g/mol. The third kappa shape index (κ3) is 2.90. The van der Waals surface area contributed by atoms with Crippen LogP contribution >= 0.6 is 11.6 Å². The first kappa shape index (κ1) is 10.4. The van der Waals surface area contributed by atoms with Crippen LogP contribution in [0.1, 0.15) is 5.56 Å². The predicted molar refractivity (Wildman–Crippen MR) is 53.4 cm³/mol. The number of alkyl halides is 1. The van der Waals surface area contributed by atoms with Crippen molar-refractivity contribution in [1.29, 1.82) is 0 Å². The molecule has 0 aliphatic rings. The lowest BCUT2D eigenvalue weighted by atomic mass is 10.1. The summed E-state index contributed by atoms with van der Waals surface area (Å²) in [6.45, 7) is 0. The van der Waals surface area contributed by atoms with Crippen molar-refractivity contribution in [3.63, 3.8) is 0 Å². The van der Waals surface area contributed by atoms with Crippen molar-refractivity contribution in [1.82, 2.24) is 0 Å². The van der Waals surface area contributed by atoms with Crippen molar-refractivity contribution in [3.8, 4) is 5.75 Å². The maximum absolute atomic E-state index is 9.34. The smallest absolute Gasteiger partial charge is 0.122 e. The molecule has 13 heavy (non-hydrogen) atoms. The zero-order chi connectivity index (χ0) is 9.68. The summed E-state index contributed by atoms with van der Waals surface area (Å²) < 4.78 is 5.14. The van der Waals surface area contributed by atoms with Crippen LogP contribution in [-0.4, -0.2) is 24.2 Å². The van der Waals surface area contributed by atoms with E-state index in [1.807, 2.05) is 24.3 Å². The van der Waals surface area contributed by atoms with Gasteiger partial charge >= 0.3 is 0 Å². The van der Waals surface area contributed by atoms with E-state index in [0.717, 1.165) is 11.3 Å². The van der Waals surface area contributed by atoms with Crippen molar-refractivity contribution in [2.45, 2.75) is 12.5 Å². The zero-order valence-electron chi connectivity index (χ0n) is 7.53. The van der Waals surface area contributed by atoms with Crippen LogP contribution in [0.25, 0.3) is 0 Å². The molecule has 0 fully saturated rings. The number of benzene rings is 1. The van der Waals surface area contributed by atoms with Crippen LogP contribution in [0.2, 0.25) is 0 Å². The minimum Gasteiger partial charge on any atom is -0.496 e. The zero-order valence-corrected chi connectivity index (χ0v) is 8.29. The summed E-state index contributed by atoms with van der Waals surface area (Å²) in [5, 5.41) is 9.34. The van der Waals surface area contributed by atoms with E-state index in [0.29, 0.717) is 6.42 Å². The fourth-order valence-corrected chi connectivity index (χ4v) is 1.29. The molecule has 1 rings (SSSR count). The highest BCUT2D eigenvalue weighted by Crippen LogP contribution is 2.18. The molecule has 72 valence electrons. The second-order valence-electron chi connectivity index (χ2n) is 2.82. The van der Waals surface area contributed by atoms with Crippen molar-refractivity contribution in [2.24, 2.45) is 0 Å². The summed E-state index contributed by atoms with van der Waals surface area (Å²) >= 11 is 5.51. The molecule has 1 aromatic rings. The number of para-hydroxylation sites is 1. The first-order valence-corrected chi connectivity index (χ1v) is 4.67. The van der Waals surface area contributed by atoms with Gasteiger partial charge in [-0.05, 0) is 11.6 Å². The lowest BCUT2D eigenvalue weighted by molar-refractivity contribution is 0.197. The van der Waals surface area contributed by atoms with Gasteiger partial charge in [-0.3, -0.25) is 0 Å². The van der Waals surface area contributed by atoms with Gasteiger partial charge in [0.1, 0.15) is 5.75 Å². The molecule has 1 unspecified atom stereocenters. The molecule has 3 heteroatoms. The monoisotopic (exact) mass is 200 g/mol. The Balaban J connectivity index is 2.74. The third-order valence-corrected chi connectivity index (χ3v) is 2.18. The standard InChI is InChI=1S/C10H13ClO2/c1-13-10-5-3-2-4-8(10)6-9(12)7-11/h2-5,9,12H,6-7H2,1H3. The summed E-state index contributed by atoms with van der Waals surface area (Å²) in [4.78, 5) is 0. The number of hydrogen-bond acceptors (Lipinski definition) is 2. The van der Waals surface area contributed by atoms with Crippen molar-refractivity contribution >= 4 is 11.6 Å². The molecule has 0 radical (unpaired) electrons. The molecule has 0 bridgehead atoms. The molecule has 0 saturated heterocycles. The number of halogens is 1. The molecule has 0 heterocycles. The Kier molecular flexibility index (Phi) is 4.06. The van der Waals surface area contributed by atoms with E-state index in [4.69, 9.17) is 16.3 Å². The lowest BCUT2D eigenvalue weighted by Gasteiger charge is -2.10. The van der Waals surface area contributed by atoms with Crippen molar-refractivity contribution in [2.75, 3.05) is 13.0 Å². The fourth-order valence-electron chi connectivity index (χ4n) is 1.18. The van der Waals surface area contributed by atoms with Gasteiger partial charge in [-0.2, -0.15) is 0 Å². The van der Waals surface area contributed by atoms with Crippen LogP contribution in [0.5, 0.6) is 5.75 Å². The van der Waals surface area contributed by atoms with Gasteiger partial charge in [0.2, 0.25) is 0 Å². The Bertz CT molecular complexity index is 263. The minimum absolute atomic E-state index is 0.248. The Morgan fingerprint density at radius 2 is 2.15 bits per heavy atom. The molecule has 1 atom stereocenters. The summed E-state index contributed by atoms with van der Waals surface area (Å²) in [6.07, 6.45) is 0.0333. The van der Waals surface area contributed by atoms with E-state index in [1.54, 1.807) is 7.11 Å². The number of methoxy groups -OCH3 is 1. The van der Waals surface area contributed by atoms with Gasteiger partial charge in [-0.25, -0.2) is 0 Å². The predicted octanol–water partition coefficient (Wildman–Crippen LogP) is 1.84. The average Bonchev–Trinajstić information content (AvgIpc) is 2.18. The highest BCUT2D eigenvalue weighted by atomic mass is 35.5. The first-order chi connectivity index (χ1) is 6.27. The number of aliphatic hydroxyl groups is 1. The van der Waals surface area contributed by atoms with Crippen LogP contribution in [-0.2, 0) is 6.42 Å². The van der Waals surface area contributed by atoms with Crippen LogP contribution in [0.15, 0.2) is 24.3 Å². The van der Waals surface area contributed by atoms with Crippen LogP contribution < -0.4 is 4.74 Å². The Morgan fingerprint density at radius 3 is 2.77 bits per heavy atom. The van der Waals surface area contributed by atoms with E-state index in [-0.39, 0.29) is 5.88 Å². The highest BCUT2D eigenvalue weighted by molar-refractivity contribution is 6.18. The SMILES string of the molecule is COc1ccccc1CC(O)CCl. The number of aliphatic hydroxyl groups excluding tert-OH is 1. The number of hydrogen-bond donors (Lipinski definition) is 1. The molecule has 0 aliphatic carbocycles. The summed E-state index contributed by atoms with van der Waals surface area (Å²) in [5.41, 5.74) is 0.984. The van der Waals surface area contributed by atoms with Gasteiger partial charge in [0.05, 0.1) is 13.2 Å². The lowest BCUT2D eigenvalue weighted by Crippen LogP contribution is -2.12. The molecule has 2 nitrogen and oxygen atoms in total. The van der Waals surface area contributed by atoms with Gasteiger partial charge in [-0.15, -0.1) is 11.6 Å². The van der Waals surface area contributed by atoms with Gasteiger partial charge < -0.3 is 9.84 Å². The van der Waals surface area contributed by atoms with Gasteiger partial charge in [0.25, 0.3) is 0 Å². The molecular weight excluding hydrogens is 188 g/mol. The van der Waals surface area contributed by atoms with Crippen LogP contribution in [0.4, 0.5) is 0 Å².